The van der Waals surface area contributed by atoms with Crippen LogP contribution in [-0.2, 0) is 17.8 Å². The summed E-state index contributed by atoms with van der Waals surface area (Å²) >= 11 is 0. The number of carbonyl (C=O) groups is 1. The summed E-state index contributed by atoms with van der Waals surface area (Å²) < 4.78 is 21.0. The number of alkyl carbamates (subject to hydrolysis) is 1. The highest BCUT2D eigenvalue weighted by Gasteiger charge is 2.29. The second kappa shape index (κ2) is 9.27. The quantitative estimate of drug-likeness (QED) is 0.471. The first-order chi connectivity index (χ1) is 16.6. The average molecular weight is 455 g/mol. The molecule has 1 unspecified atom stereocenters. The van der Waals surface area contributed by atoms with Crippen LogP contribution in [0.4, 0.5) is 9.18 Å². The summed E-state index contributed by atoms with van der Waals surface area (Å²) in [5.74, 6) is 0.872. The summed E-state index contributed by atoms with van der Waals surface area (Å²) in [6, 6.07) is 23.3. The summed E-state index contributed by atoms with van der Waals surface area (Å²) in [7, 11) is 0. The van der Waals surface area contributed by atoms with E-state index in [0.717, 1.165) is 28.2 Å². The lowest BCUT2D eigenvalue weighted by molar-refractivity contribution is 0.135. The van der Waals surface area contributed by atoms with Gasteiger partial charge in [0.1, 0.15) is 18.2 Å². The number of aryl methyl sites for hydroxylation is 1. The summed E-state index contributed by atoms with van der Waals surface area (Å²) in [5.41, 5.74) is 3.86. The summed E-state index contributed by atoms with van der Waals surface area (Å²) in [6.07, 6.45) is -0.851. The van der Waals surface area contributed by atoms with Crippen molar-refractivity contribution in [2.45, 2.75) is 26.1 Å². The Morgan fingerprint density at radius 3 is 2.50 bits per heavy atom. The zero-order valence-corrected chi connectivity index (χ0v) is 18.5. The predicted octanol–water partition coefficient (Wildman–Crippen LogP) is 4.74. The first-order valence-electron chi connectivity index (χ1n) is 11.0. The van der Waals surface area contributed by atoms with E-state index in [1.54, 1.807) is 12.1 Å². The van der Waals surface area contributed by atoms with Gasteiger partial charge >= 0.3 is 6.09 Å². The maximum atomic E-state index is 13.6. The standard InChI is InChI=1S/C26H22FN5O2/c1-2-22-30-31-25-24(29-26(33)34-16-17-8-4-3-5-9-17)28-23(18-12-14-19(27)15-13-18)20-10-6-7-11-21(20)32(22)25/h3-15,24H,2,16H2,1H3,(H,29,33). The first-order valence-corrected chi connectivity index (χ1v) is 11.0. The zero-order valence-electron chi connectivity index (χ0n) is 18.5. The van der Waals surface area contributed by atoms with Crippen molar-refractivity contribution in [3.8, 4) is 5.69 Å². The van der Waals surface area contributed by atoms with E-state index in [9.17, 15) is 9.18 Å². The fourth-order valence-electron chi connectivity index (χ4n) is 3.94. The lowest BCUT2D eigenvalue weighted by Crippen LogP contribution is -2.30. The Morgan fingerprint density at radius 2 is 1.74 bits per heavy atom. The number of aliphatic imine (C=N–C) groups is 1. The maximum absolute atomic E-state index is 13.6. The van der Waals surface area contributed by atoms with Crippen LogP contribution in [0, 0.1) is 5.82 Å². The first kappa shape index (κ1) is 21.5. The van der Waals surface area contributed by atoms with Gasteiger partial charge in [0.2, 0.25) is 0 Å². The Kier molecular flexibility index (Phi) is 5.86. The number of benzene rings is 3. The van der Waals surface area contributed by atoms with E-state index < -0.39 is 12.3 Å². The molecule has 0 saturated heterocycles. The van der Waals surface area contributed by atoms with Crippen molar-refractivity contribution in [1.29, 1.82) is 0 Å². The van der Waals surface area contributed by atoms with Gasteiger partial charge in [0, 0.05) is 17.5 Å². The van der Waals surface area contributed by atoms with E-state index in [-0.39, 0.29) is 12.4 Å². The van der Waals surface area contributed by atoms with Gasteiger partial charge in [-0.1, -0.05) is 55.5 Å². The molecule has 7 nitrogen and oxygen atoms in total. The van der Waals surface area contributed by atoms with Crippen LogP contribution in [-0.4, -0.2) is 26.6 Å². The molecule has 0 spiro atoms. The third kappa shape index (κ3) is 4.17. The van der Waals surface area contributed by atoms with E-state index in [1.807, 2.05) is 66.1 Å². The number of aromatic nitrogens is 3. The number of hydrogen-bond donors (Lipinski definition) is 1. The summed E-state index contributed by atoms with van der Waals surface area (Å²) in [5, 5.41) is 11.5. The molecule has 0 fully saturated rings. The highest BCUT2D eigenvalue weighted by atomic mass is 19.1. The Bertz CT molecular complexity index is 1350. The molecule has 0 bridgehead atoms. The number of carbonyl (C=O) groups excluding carboxylic acids is 1. The molecule has 2 heterocycles. The molecule has 0 aliphatic carbocycles. The SMILES string of the molecule is CCc1nnc2n1-c1ccccc1C(c1ccc(F)cc1)=NC2NC(=O)OCc1ccccc1. The zero-order chi connectivity index (χ0) is 23.5. The molecule has 1 aromatic heterocycles. The number of halogens is 1. The molecule has 34 heavy (non-hydrogen) atoms. The van der Waals surface area contributed by atoms with Gasteiger partial charge < -0.3 is 4.74 Å². The van der Waals surface area contributed by atoms with Crippen LogP contribution in [0.2, 0.25) is 0 Å². The predicted molar refractivity (Wildman–Crippen MR) is 125 cm³/mol. The fraction of sp³-hybridized carbons (Fsp3) is 0.154. The Labute approximate surface area is 195 Å². The maximum Gasteiger partial charge on any atom is 0.409 e. The van der Waals surface area contributed by atoms with Crippen molar-refractivity contribution >= 4 is 11.8 Å². The van der Waals surface area contributed by atoms with Gasteiger partial charge in [0.15, 0.2) is 12.0 Å². The number of ether oxygens (including phenoxy) is 1. The Hall–Kier alpha value is -4.33. The van der Waals surface area contributed by atoms with Crippen molar-refractivity contribution in [2.24, 2.45) is 4.99 Å². The Balaban J connectivity index is 1.55. The van der Waals surface area contributed by atoms with Crippen molar-refractivity contribution in [3.63, 3.8) is 0 Å². The monoisotopic (exact) mass is 455 g/mol. The molecular weight excluding hydrogens is 433 g/mol. The van der Waals surface area contributed by atoms with E-state index >= 15 is 0 Å². The van der Waals surface area contributed by atoms with Crippen LogP contribution in [0.25, 0.3) is 5.69 Å². The van der Waals surface area contributed by atoms with Crippen molar-refractivity contribution in [2.75, 3.05) is 0 Å². The lowest BCUT2D eigenvalue weighted by atomic mass is 10.0. The molecule has 0 saturated carbocycles. The van der Waals surface area contributed by atoms with Crippen LogP contribution in [0.3, 0.4) is 0 Å². The van der Waals surface area contributed by atoms with E-state index in [4.69, 9.17) is 9.73 Å². The number of nitrogens with zero attached hydrogens (tertiary/aromatic N) is 4. The molecular formula is C26H22FN5O2. The van der Waals surface area contributed by atoms with Gasteiger partial charge in [-0.3, -0.25) is 14.9 Å². The van der Waals surface area contributed by atoms with Gasteiger partial charge in [-0.15, -0.1) is 10.2 Å². The van der Waals surface area contributed by atoms with Crippen LogP contribution >= 0.6 is 0 Å². The van der Waals surface area contributed by atoms with Gasteiger partial charge in [-0.05, 0) is 35.9 Å². The van der Waals surface area contributed by atoms with E-state index in [1.165, 1.54) is 12.1 Å². The lowest BCUT2D eigenvalue weighted by Gasteiger charge is -2.15. The number of hydrogen-bond acceptors (Lipinski definition) is 5. The minimum atomic E-state index is -0.858. The molecule has 1 N–H and O–H groups in total. The van der Waals surface area contributed by atoms with Crippen molar-refractivity contribution < 1.29 is 13.9 Å². The minimum Gasteiger partial charge on any atom is -0.445 e. The third-order valence-electron chi connectivity index (χ3n) is 5.56. The number of fused-ring (bicyclic) bond motifs is 3. The second-order valence-electron chi connectivity index (χ2n) is 7.77. The molecule has 1 aliphatic heterocycles. The largest absolute Gasteiger partial charge is 0.445 e. The normalized spacial score (nSPS) is 14.4. The number of para-hydroxylation sites is 1. The number of amides is 1. The average Bonchev–Trinajstić information content (AvgIpc) is 3.25. The van der Waals surface area contributed by atoms with Gasteiger partial charge in [-0.25, -0.2) is 9.18 Å². The van der Waals surface area contributed by atoms with Crippen LogP contribution in [0.1, 0.15) is 41.4 Å². The Morgan fingerprint density at radius 1 is 1.00 bits per heavy atom. The van der Waals surface area contributed by atoms with Crippen molar-refractivity contribution in [3.05, 3.63) is 113 Å². The highest BCUT2D eigenvalue weighted by molar-refractivity contribution is 6.15. The minimum absolute atomic E-state index is 0.126. The summed E-state index contributed by atoms with van der Waals surface area (Å²) in [6.45, 7) is 2.12. The van der Waals surface area contributed by atoms with E-state index in [0.29, 0.717) is 18.0 Å². The van der Waals surface area contributed by atoms with Gasteiger partial charge in [0.25, 0.3) is 0 Å². The molecule has 0 radical (unpaired) electrons. The molecule has 170 valence electrons. The third-order valence-corrected chi connectivity index (χ3v) is 5.56. The van der Waals surface area contributed by atoms with Gasteiger partial charge in [-0.2, -0.15) is 0 Å². The topological polar surface area (TPSA) is 81.4 Å². The molecule has 5 rings (SSSR count). The fourth-order valence-corrected chi connectivity index (χ4v) is 3.94. The van der Waals surface area contributed by atoms with Gasteiger partial charge in [0.05, 0.1) is 11.4 Å². The van der Waals surface area contributed by atoms with Crippen molar-refractivity contribution in [1.82, 2.24) is 20.1 Å². The smallest absolute Gasteiger partial charge is 0.409 e. The second-order valence-corrected chi connectivity index (χ2v) is 7.77. The van der Waals surface area contributed by atoms with Crippen LogP contribution in [0.5, 0.6) is 0 Å². The molecule has 3 aromatic carbocycles. The molecule has 8 heteroatoms. The number of nitrogens with one attached hydrogen (secondary N) is 1. The van der Waals surface area contributed by atoms with Crippen LogP contribution in [0.15, 0.2) is 83.9 Å². The molecule has 4 aromatic rings. The molecule has 1 aliphatic rings. The highest BCUT2D eigenvalue weighted by Crippen LogP contribution is 2.30. The molecule has 1 amide bonds. The van der Waals surface area contributed by atoms with E-state index in [2.05, 4.69) is 15.5 Å². The number of rotatable bonds is 5. The van der Waals surface area contributed by atoms with Crippen LogP contribution < -0.4 is 5.32 Å². The molecule has 1 atom stereocenters. The summed E-state index contributed by atoms with van der Waals surface area (Å²) in [4.78, 5) is 17.6.